The van der Waals surface area contributed by atoms with Gasteiger partial charge < -0.3 is 14.4 Å². The van der Waals surface area contributed by atoms with Crippen LogP contribution in [-0.4, -0.2) is 55.8 Å². The van der Waals surface area contributed by atoms with Crippen molar-refractivity contribution in [2.75, 3.05) is 13.4 Å². The molecule has 2 aliphatic heterocycles. The minimum atomic E-state index is -1.92. The minimum absolute atomic E-state index is 0.0715. The van der Waals surface area contributed by atoms with E-state index < -0.39 is 30.2 Å². The number of rotatable bonds is 8. The van der Waals surface area contributed by atoms with Crippen molar-refractivity contribution >= 4 is 32.2 Å². The Hall–Kier alpha value is -2.71. The number of Topliss-reactive ketones (excluding diaryl/α,β-unsaturated/α-hetero) is 1. The molecule has 3 aromatic carbocycles. The summed E-state index contributed by atoms with van der Waals surface area (Å²) in [5.41, 5.74) is 2.85. The number of carbonyl (C=O) groups excluding carboxylic acids is 2. The zero-order chi connectivity index (χ0) is 27.8. The lowest BCUT2D eigenvalue weighted by atomic mass is 9.83. The summed E-state index contributed by atoms with van der Waals surface area (Å²) < 4.78 is 10.5. The molecule has 7 heteroatoms. The van der Waals surface area contributed by atoms with Gasteiger partial charge in [0.05, 0.1) is 25.5 Å². The Labute approximate surface area is 237 Å². The molecule has 1 unspecified atom stereocenters. The third kappa shape index (κ3) is 4.49. The molecule has 3 atom stereocenters. The first kappa shape index (κ1) is 27.8. The van der Waals surface area contributed by atoms with E-state index in [1.807, 2.05) is 23.1 Å². The Bertz CT molecular complexity index is 1210. The van der Waals surface area contributed by atoms with Crippen molar-refractivity contribution in [3.8, 4) is 0 Å². The third-order valence-corrected chi connectivity index (χ3v) is 12.8. The number of benzene rings is 3. The average Bonchev–Trinajstić information content (AvgIpc) is 3.47. The van der Waals surface area contributed by atoms with E-state index in [0.29, 0.717) is 0 Å². The van der Waals surface area contributed by atoms with E-state index in [4.69, 9.17) is 9.47 Å². The zero-order valence-electron chi connectivity index (χ0n) is 23.3. The van der Waals surface area contributed by atoms with Crippen molar-refractivity contribution in [3.05, 3.63) is 108 Å². The standard InChI is InChI=1S/C32H37NO4SSi/c1-30(2,3)33-28(35)32(39(4)5,27(34)26-21-36-22-37-26)29(33)38-31(23-15-9-6-10-16-23,24-17-11-7-12-18-24)25-19-13-8-14-20-25/h6-20,26,29,39H,21-22H2,1-5H3/t26?,29-,32+/m1/s1. The van der Waals surface area contributed by atoms with Gasteiger partial charge in [-0.2, -0.15) is 0 Å². The highest BCUT2D eigenvalue weighted by Crippen LogP contribution is 2.63. The van der Waals surface area contributed by atoms with Gasteiger partial charge in [-0.15, -0.1) is 11.8 Å². The molecule has 2 aliphatic rings. The van der Waals surface area contributed by atoms with Gasteiger partial charge in [0.1, 0.15) is 17.9 Å². The highest BCUT2D eigenvalue weighted by molar-refractivity contribution is 8.01. The predicted molar refractivity (Wildman–Crippen MR) is 159 cm³/mol. The Kier molecular flexibility index (Phi) is 7.63. The number of amides is 1. The van der Waals surface area contributed by atoms with Crippen LogP contribution in [0.25, 0.3) is 0 Å². The molecule has 2 fully saturated rings. The van der Waals surface area contributed by atoms with Crippen molar-refractivity contribution in [1.29, 1.82) is 0 Å². The quantitative estimate of drug-likeness (QED) is 0.150. The third-order valence-electron chi connectivity index (χ3n) is 7.98. The highest BCUT2D eigenvalue weighted by atomic mass is 32.2. The largest absolute Gasteiger partial charge is 0.352 e. The van der Waals surface area contributed by atoms with Gasteiger partial charge >= 0.3 is 0 Å². The van der Waals surface area contributed by atoms with Crippen molar-refractivity contribution in [1.82, 2.24) is 4.90 Å². The molecule has 1 amide bonds. The van der Waals surface area contributed by atoms with E-state index in [1.165, 1.54) is 0 Å². The molecule has 2 saturated heterocycles. The predicted octanol–water partition coefficient (Wildman–Crippen LogP) is 5.85. The van der Waals surface area contributed by atoms with Crippen LogP contribution in [0.3, 0.4) is 0 Å². The maximum Gasteiger partial charge on any atom is 0.237 e. The normalized spacial score (nSPS) is 23.6. The molecule has 0 aromatic heterocycles. The fourth-order valence-corrected chi connectivity index (χ4v) is 11.2. The van der Waals surface area contributed by atoms with Crippen LogP contribution in [0.1, 0.15) is 37.5 Å². The second-order valence-electron chi connectivity index (χ2n) is 11.6. The molecule has 0 spiro atoms. The van der Waals surface area contributed by atoms with Gasteiger partial charge in [0.25, 0.3) is 0 Å². The number of likely N-dealkylation sites (tertiary alicyclic amines) is 1. The average molecular weight is 560 g/mol. The van der Waals surface area contributed by atoms with E-state index in [2.05, 4.69) is 107 Å². The van der Waals surface area contributed by atoms with Crippen LogP contribution in [0.15, 0.2) is 91.0 Å². The van der Waals surface area contributed by atoms with E-state index in [0.717, 1.165) is 16.7 Å². The Balaban J connectivity index is 1.77. The van der Waals surface area contributed by atoms with Crippen LogP contribution in [0, 0.1) is 0 Å². The monoisotopic (exact) mass is 559 g/mol. The summed E-state index contributed by atoms with van der Waals surface area (Å²) in [5, 5.41) is -1.49. The number of β-lactam (4-membered cyclic amide) rings is 1. The summed E-state index contributed by atoms with van der Waals surface area (Å²) in [6.45, 7) is 10.7. The molecule has 0 radical (unpaired) electrons. The minimum Gasteiger partial charge on any atom is -0.352 e. The molecule has 0 N–H and O–H groups in total. The van der Waals surface area contributed by atoms with Crippen molar-refractivity contribution in [2.45, 2.75) is 60.7 Å². The van der Waals surface area contributed by atoms with E-state index in [-0.39, 0.29) is 30.5 Å². The fraction of sp³-hybridized carbons (Fsp3) is 0.375. The summed E-state index contributed by atoms with van der Waals surface area (Å²) in [4.78, 5) is 30.6. The topological polar surface area (TPSA) is 55.8 Å². The number of ether oxygens (including phenoxy) is 2. The molecular formula is C32H37NO4SSi. The second kappa shape index (κ2) is 10.7. The van der Waals surface area contributed by atoms with Gasteiger partial charge in [0.15, 0.2) is 5.78 Å². The maximum atomic E-state index is 14.3. The molecule has 0 aliphatic carbocycles. The summed E-state index contributed by atoms with van der Waals surface area (Å²) >= 11 is 1.72. The van der Waals surface area contributed by atoms with Gasteiger partial charge in [-0.3, -0.25) is 9.59 Å². The summed E-state index contributed by atoms with van der Waals surface area (Å²) in [5.74, 6) is -0.189. The Morgan fingerprint density at radius 1 is 0.872 bits per heavy atom. The number of carbonyl (C=O) groups is 2. The molecule has 5 nitrogen and oxygen atoms in total. The molecular weight excluding hydrogens is 523 g/mol. The first-order chi connectivity index (χ1) is 18.6. The fourth-order valence-electron chi connectivity index (χ4n) is 6.04. The SMILES string of the molecule is C[SiH](C)[C@@]1(C(=O)C2COCO2)C(=O)N(C(C)(C)C)[C@@H]1SC(c1ccccc1)(c1ccccc1)c1ccccc1. The molecule has 2 heterocycles. The number of hydrogen-bond donors (Lipinski definition) is 0. The number of nitrogens with zero attached hydrogens (tertiary/aromatic N) is 1. The molecule has 0 bridgehead atoms. The van der Waals surface area contributed by atoms with Gasteiger partial charge in [-0.1, -0.05) is 104 Å². The summed E-state index contributed by atoms with van der Waals surface area (Å²) in [6, 6.07) is 31.3. The lowest BCUT2D eigenvalue weighted by Gasteiger charge is -2.63. The van der Waals surface area contributed by atoms with Gasteiger partial charge in [0, 0.05) is 5.54 Å². The van der Waals surface area contributed by atoms with Crippen LogP contribution >= 0.6 is 11.8 Å². The van der Waals surface area contributed by atoms with Crippen LogP contribution in [0.5, 0.6) is 0 Å². The number of thioether (sulfide) groups is 1. The van der Waals surface area contributed by atoms with Crippen LogP contribution < -0.4 is 0 Å². The zero-order valence-corrected chi connectivity index (χ0v) is 25.3. The van der Waals surface area contributed by atoms with Crippen molar-refractivity contribution in [3.63, 3.8) is 0 Å². The molecule has 204 valence electrons. The maximum absolute atomic E-state index is 14.3. The van der Waals surface area contributed by atoms with Gasteiger partial charge in [0.2, 0.25) is 5.91 Å². The highest BCUT2D eigenvalue weighted by Gasteiger charge is 2.71. The summed E-state index contributed by atoms with van der Waals surface area (Å²) in [7, 11) is -1.92. The van der Waals surface area contributed by atoms with E-state index >= 15 is 0 Å². The lowest BCUT2D eigenvalue weighted by molar-refractivity contribution is -0.163. The van der Waals surface area contributed by atoms with E-state index in [9.17, 15) is 9.59 Å². The smallest absolute Gasteiger partial charge is 0.237 e. The summed E-state index contributed by atoms with van der Waals surface area (Å²) in [6.07, 6.45) is -0.714. The van der Waals surface area contributed by atoms with Gasteiger partial charge in [-0.25, -0.2) is 0 Å². The first-order valence-electron chi connectivity index (χ1n) is 13.6. The second-order valence-corrected chi connectivity index (χ2v) is 16.1. The Morgan fingerprint density at radius 3 is 1.69 bits per heavy atom. The molecule has 0 saturated carbocycles. The van der Waals surface area contributed by atoms with Crippen molar-refractivity contribution in [2.24, 2.45) is 0 Å². The number of ketones is 1. The first-order valence-corrected chi connectivity index (χ1v) is 17.3. The van der Waals surface area contributed by atoms with Crippen LogP contribution in [-0.2, 0) is 23.8 Å². The Morgan fingerprint density at radius 2 is 1.33 bits per heavy atom. The molecule has 3 aromatic rings. The van der Waals surface area contributed by atoms with Crippen molar-refractivity contribution < 1.29 is 19.1 Å². The number of hydrogen-bond acceptors (Lipinski definition) is 5. The molecule has 39 heavy (non-hydrogen) atoms. The lowest BCUT2D eigenvalue weighted by Crippen LogP contribution is -2.76. The van der Waals surface area contributed by atoms with E-state index in [1.54, 1.807) is 11.8 Å². The van der Waals surface area contributed by atoms with Crippen LogP contribution in [0.4, 0.5) is 0 Å². The van der Waals surface area contributed by atoms with Crippen LogP contribution in [0.2, 0.25) is 18.1 Å². The van der Waals surface area contributed by atoms with Gasteiger partial charge in [-0.05, 0) is 37.5 Å². The molecule has 5 rings (SSSR count).